The van der Waals surface area contributed by atoms with Crippen LogP contribution >= 0.6 is 34.8 Å². The molecule has 0 aromatic heterocycles. The van der Waals surface area contributed by atoms with Crippen molar-refractivity contribution in [1.82, 2.24) is 10.2 Å². The molecule has 8 nitrogen and oxygen atoms in total. The van der Waals surface area contributed by atoms with Gasteiger partial charge in [-0.25, -0.2) is 8.42 Å². The molecule has 1 aliphatic rings. The molecular weight excluding hydrogens is 705 g/mol. The zero-order valence-corrected chi connectivity index (χ0v) is 30.1. The van der Waals surface area contributed by atoms with E-state index in [0.717, 1.165) is 42.0 Å². The Hall–Kier alpha value is -3.76. The third-order valence-electron chi connectivity index (χ3n) is 8.59. The zero-order chi connectivity index (χ0) is 35.0. The maximum atomic E-state index is 14.7. The van der Waals surface area contributed by atoms with Crippen LogP contribution in [0.5, 0.6) is 5.75 Å². The summed E-state index contributed by atoms with van der Waals surface area (Å²) in [5.74, 6) is -0.566. The van der Waals surface area contributed by atoms with Gasteiger partial charge in [0.2, 0.25) is 11.8 Å². The Bertz CT molecular complexity index is 1860. The van der Waals surface area contributed by atoms with Crippen LogP contribution in [0, 0.1) is 0 Å². The Labute approximate surface area is 303 Å². The number of amides is 2. The molecule has 4 aromatic rings. The second kappa shape index (κ2) is 16.8. The lowest BCUT2D eigenvalue weighted by atomic mass is 9.94. The molecule has 1 aliphatic carbocycles. The van der Waals surface area contributed by atoms with Crippen molar-refractivity contribution >= 4 is 62.3 Å². The molecule has 0 radical (unpaired) electrons. The summed E-state index contributed by atoms with van der Waals surface area (Å²) in [6.45, 7) is -0.656. The molecule has 1 fully saturated rings. The summed E-state index contributed by atoms with van der Waals surface area (Å²) in [5, 5.41) is 4.00. The van der Waals surface area contributed by atoms with E-state index in [1.165, 1.54) is 36.3 Å². The lowest BCUT2D eigenvalue weighted by molar-refractivity contribution is -0.140. The Morgan fingerprint density at radius 1 is 0.816 bits per heavy atom. The standard InChI is InChI=1S/C37H38Cl3N3O5S/c1-48-35-20-18-29(23-33(35)40)43(49(46,47)30-15-9-4-10-16-30)25-36(44)42(24-27-17-19-31(38)32(39)21-27)34(22-26-11-5-2-6-12-26)37(45)41-28-13-7-3-8-14-28/h2,4-6,9-12,15-21,23,28,34H,3,7-8,13-14,22,24-25H2,1H3,(H,41,45)/t34-/m0/s1. The maximum absolute atomic E-state index is 14.7. The highest BCUT2D eigenvalue weighted by Crippen LogP contribution is 2.33. The van der Waals surface area contributed by atoms with Gasteiger partial charge in [-0.15, -0.1) is 0 Å². The molecule has 0 saturated heterocycles. The lowest BCUT2D eigenvalue weighted by Gasteiger charge is -2.35. The summed E-state index contributed by atoms with van der Waals surface area (Å²) in [6.07, 6.45) is 5.04. The summed E-state index contributed by atoms with van der Waals surface area (Å²) >= 11 is 19.1. The lowest BCUT2D eigenvalue weighted by Crippen LogP contribution is -2.55. The van der Waals surface area contributed by atoms with Crippen molar-refractivity contribution in [3.63, 3.8) is 0 Å². The largest absolute Gasteiger partial charge is 0.495 e. The van der Waals surface area contributed by atoms with Crippen LogP contribution in [-0.2, 0) is 32.6 Å². The van der Waals surface area contributed by atoms with Gasteiger partial charge in [0.15, 0.2) is 0 Å². The molecule has 12 heteroatoms. The smallest absolute Gasteiger partial charge is 0.264 e. The van der Waals surface area contributed by atoms with Crippen LogP contribution < -0.4 is 14.4 Å². The number of ether oxygens (including phenoxy) is 1. The van der Waals surface area contributed by atoms with Crippen molar-refractivity contribution < 1.29 is 22.7 Å². The summed E-state index contributed by atoms with van der Waals surface area (Å²) in [6, 6.07) is 25.8. The molecule has 258 valence electrons. The number of hydrogen-bond donors (Lipinski definition) is 1. The number of rotatable bonds is 13. The number of carbonyl (C=O) groups is 2. The van der Waals surface area contributed by atoms with E-state index in [1.807, 2.05) is 30.3 Å². The summed E-state index contributed by atoms with van der Waals surface area (Å²) < 4.78 is 34.7. The second-order valence-corrected chi connectivity index (χ2v) is 15.0. The van der Waals surface area contributed by atoms with Crippen LogP contribution in [0.15, 0.2) is 102 Å². The Balaban J connectivity index is 1.59. The Kier molecular flexibility index (Phi) is 12.5. The first-order valence-corrected chi connectivity index (χ1v) is 18.6. The van der Waals surface area contributed by atoms with Crippen LogP contribution in [0.25, 0.3) is 0 Å². The van der Waals surface area contributed by atoms with E-state index in [-0.39, 0.29) is 40.5 Å². The number of nitrogens with zero attached hydrogens (tertiary/aromatic N) is 2. The van der Waals surface area contributed by atoms with E-state index in [1.54, 1.807) is 42.5 Å². The van der Waals surface area contributed by atoms with Gasteiger partial charge in [-0.1, -0.05) is 109 Å². The Morgan fingerprint density at radius 2 is 1.49 bits per heavy atom. The SMILES string of the molecule is COc1ccc(N(CC(=O)N(Cc2ccc(Cl)c(Cl)c2)[C@@H](Cc2ccccc2)C(=O)NC2CCCCC2)S(=O)(=O)c2ccccc2)cc1Cl. The number of hydrogen-bond acceptors (Lipinski definition) is 5. The van der Waals surface area contributed by atoms with E-state index in [2.05, 4.69) is 5.32 Å². The molecule has 0 bridgehead atoms. The predicted octanol–water partition coefficient (Wildman–Crippen LogP) is 7.94. The average molecular weight is 743 g/mol. The van der Waals surface area contributed by atoms with Crippen LogP contribution in [0.1, 0.15) is 43.2 Å². The first-order valence-electron chi connectivity index (χ1n) is 16.1. The molecule has 4 aromatic carbocycles. The van der Waals surface area contributed by atoms with Gasteiger partial charge in [-0.3, -0.25) is 13.9 Å². The number of benzene rings is 4. The van der Waals surface area contributed by atoms with Gasteiger partial charge in [0.25, 0.3) is 10.0 Å². The first kappa shape index (κ1) is 36.5. The fourth-order valence-corrected chi connectivity index (χ4v) is 7.99. The quantitative estimate of drug-likeness (QED) is 0.150. The molecule has 5 rings (SSSR count). The maximum Gasteiger partial charge on any atom is 0.264 e. The van der Waals surface area contributed by atoms with E-state index >= 15 is 0 Å². The minimum Gasteiger partial charge on any atom is -0.495 e. The molecule has 49 heavy (non-hydrogen) atoms. The highest BCUT2D eigenvalue weighted by molar-refractivity contribution is 7.92. The van der Waals surface area contributed by atoms with Gasteiger partial charge < -0.3 is 15.0 Å². The third-order valence-corrected chi connectivity index (χ3v) is 11.4. The third kappa shape index (κ3) is 9.28. The molecule has 1 atom stereocenters. The molecule has 0 heterocycles. The minimum absolute atomic E-state index is 0.0124. The second-order valence-electron chi connectivity index (χ2n) is 12.0. The monoisotopic (exact) mass is 741 g/mol. The number of nitrogens with one attached hydrogen (secondary N) is 1. The van der Waals surface area contributed by atoms with Crippen molar-refractivity contribution in [1.29, 1.82) is 0 Å². The highest BCUT2D eigenvalue weighted by Gasteiger charge is 2.35. The van der Waals surface area contributed by atoms with E-state index in [4.69, 9.17) is 39.5 Å². The van der Waals surface area contributed by atoms with Crippen molar-refractivity contribution in [2.75, 3.05) is 18.0 Å². The van der Waals surface area contributed by atoms with Gasteiger partial charge in [-0.2, -0.15) is 0 Å². The van der Waals surface area contributed by atoms with Gasteiger partial charge in [0.05, 0.1) is 32.8 Å². The van der Waals surface area contributed by atoms with E-state index in [0.29, 0.717) is 21.4 Å². The van der Waals surface area contributed by atoms with E-state index in [9.17, 15) is 18.0 Å². The number of methoxy groups -OCH3 is 1. The average Bonchev–Trinajstić information content (AvgIpc) is 3.11. The summed E-state index contributed by atoms with van der Waals surface area (Å²) in [7, 11) is -2.83. The number of halogens is 3. The van der Waals surface area contributed by atoms with Crippen LogP contribution in [-0.4, -0.2) is 50.9 Å². The fourth-order valence-electron chi connectivity index (χ4n) is 5.99. The number of carbonyl (C=O) groups excluding carboxylic acids is 2. The van der Waals surface area contributed by atoms with E-state index < -0.39 is 28.5 Å². The molecular formula is C37H38Cl3N3O5S. The van der Waals surface area contributed by atoms with Gasteiger partial charge >= 0.3 is 0 Å². The van der Waals surface area contributed by atoms with Crippen LogP contribution in [0.3, 0.4) is 0 Å². The van der Waals surface area contributed by atoms with Crippen LogP contribution in [0.2, 0.25) is 15.1 Å². The minimum atomic E-state index is -4.28. The highest BCUT2D eigenvalue weighted by atomic mass is 35.5. The fraction of sp³-hybridized carbons (Fsp3) is 0.297. The number of anilines is 1. The van der Waals surface area contributed by atoms with Crippen molar-refractivity contribution in [3.8, 4) is 5.75 Å². The molecule has 1 N–H and O–H groups in total. The summed E-state index contributed by atoms with van der Waals surface area (Å²) in [4.78, 5) is 30.4. The molecule has 0 aliphatic heterocycles. The van der Waals surface area contributed by atoms with Gasteiger partial charge in [-0.05, 0) is 66.4 Å². The molecule has 0 spiro atoms. The normalized spacial score (nSPS) is 14.1. The topological polar surface area (TPSA) is 96.0 Å². The Morgan fingerprint density at radius 3 is 2.12 bits per heavy atom. The molecule has 0 unspecified atom stereocenters. The summed E-state index contributed by atoms with van der Waals surface area (Å²) in [5.41, 5.74) is 1.62. The molecule has 1 saturated carbocycles. The van der Waals surface area contributed by atoms with Crippen molar-refractivity contribution in [2.24, 2.45) is 0 Å². The van der Waals surface area contributed by atoms with Gasteiger partial charge in [0, 0.05) is 19.0 Å². The zero-order valence-electron chi connectivity index (χ0n) is 27.0. The first-order chi connectivity index (χ1) is 23.6. The number of sulfonamides is 1. The predicted molar refractivity (Wildman–Crippen MR) is 195 cm³/mol. The van der Waals surface area contributed by atoms with Crippen molar-refractivity contribution in [2.45, 2.75) is 62.0 Å². The van der Waals surface area contributed by atoms with Crippen molar-refractivity contribution in [3.05, 3.63) is 123 Å². The van der Waals surface area contributed by atoms with Gasteiger partial charge in [0.1, 0.15) is 18.3 Å². The van der Waals surface area contributed by atoms with Crippen LogP contribution in [0.4, 0.5) is 5.69 Å². The molecule has 2 amide bonds.